The van der Waals surface area contributed by atoms with E-state index in [4.69, 9.17) is 16.3 Å². The van der Waals surface area contributed by atoms with Crippen LogP contribution in [0.3, 0.4) is 0 Å². The fraction of sp³-hybridized carbons (Fsp3) is 0.471. The van der Waals surface area contributed by atoms with Crippen molar-refractivity contribution in [2.45, 2.75) is 45.4 Å². The Bertz CT molecular complexity index is 542. The Morgan fingerprint density at radius 2 is 1.80 bits per heavy atom. The third-order valence-electron chi connectivity index (χ3n) is 3.40. The third kappa shape index (κ3) is 4.38. The van der Waals surface area contributed by atoms with Gasteiger partial charge in [0.2, 0.25) is 0 Å². The van der Waals surface area contributed by atoms with E-state index in [2.05, 4.69) is 11.9 Å². The van der Waals surface area contributed by atoms with Gasteiger partial charge in [0.1, 0.15) is 10.9 Å². The Morgan fingerprint density at radius 3 is 2.65 bits per heavy atom. The summed E-state index contributed by atoms with van der Waals surface area (Å²) in [6.45, 7) is 2.98. The molecule has 0 aliphatic carbocycles. The first-order valence-electron chi connectivity index (χ1n) is 7.49. The number of nitrogens with zero attached hydrogens (tertiary/aromatic N) is 1. The normalized spacial score (nSPS) is 10.9. The molecular weight excluding hydrogens is 270 g/mol. The summed E-state index contributed by atoms with van der Waals surface area (Å²) in [7, 11) is 0. The molecule has 0 saturated carbocycles. The minimum atomic E-state index is 0.488. The van der Waals surface area contributed by atoms with E-state index in [9.17, 15) is 0 Å². The van der Waals surface area contributed by atoms with Crippen molar-refractivity contribution in [3.05, 3.63) is 35.5 Å². The minimum absolute atomic E-state index is 0.488. The van der Waals surface area contributed by atoms with Gasteiger partial charge in [-0.3, -0.25) is 0 Å². The SMILES string of the molecule is CCCCCCCCOc1cc(Cl)nc2ccccc12. The van der Waals surface area contributed by atoms with Crippen LogP contribution in [0.2, 0.25) is 5.15 Å². The van der Waals surface area contributed by atoms with Crippen LogP contribution in [-0.4, -0.2) is 11.6 Å². The van der Waals surface area contributed by atoms with Gasteiger partial charge >= 0.3 is 0 Å². The topological polar surface area (TPSA) is 22.1 Å². The summed E-state index contributed by atoms with van der Waals surface area (Å²) in [6.07, 6.45) is 7.59. The molecule has 20 heavy (non-hydrogen) atoms. The largest absolute Gasteiger partial charge is 0.493 e. The monoisotopic (exact) mass is 291 g/mol. The molecule has 2 nitrogen and oxygen atoms in total. The Morgan fingerprint density at radius 1 is 1.05 bits per heavy atom. The predicted molar refractivity (Wildman–Crippen MR) is 85.6 cm³/mol. The van der Waals surface area contributed by atoms with Gasteiger partial charge in [0.25, 0.3) is 0 Å². The van der Waals surface area contributed by atoms with Crippen LogP contribution in [0.4, 0.5) is 0 Å². The summed E-state index contributed by atoms with van der Waals surface area (Å²) in [4.78, 5) is 4.30. The van der Waals surface area contributed by atoms with E-state index in [0.29, 0.717) is 5.15 Å². The second-order valence-electron chi connectivity index (χ2n) is 5.08. The third-order valence-corrected chi connectivity index (χ3v) is 3.60. The van der Waals surface area contributed by atoms with Crippen LogP contribution in [0.15, 0.2) is 30.3 Å². The average molecular weight is 292 g/mol. The van der Waals surface area contributed by atoms with Crippen molar-refractivity contribution in [2.75, 3.05) is 6.61 Å². The van der Waals surface area contributed by atoms with Gasteiger partial charge in [0.15, 0.2) is 0 Å². The molecule has 0 bridgehead atoms. The fourth-order valence-corrected chi connectivity index (χ4v) is 2.49. The number of benzene rings is 1. The molecule has 1 aromatic carbocycles. The van der Waals surface area contributed by atoms with E-state index in [0.717, 1.165) is 29.7 Å². The van der Waals surface area contributed by atoms with Gasteiger partial charge in [-0.05, 0) is 18.6 Å². The standard InChI is InChI=1S/C17H22ClNO/c1-2-3-4-5-6-9-12-20-16-13-17(18)19-15-11-8-7-10-14(15)16/h7-8,10-11,13H,2-6,9,12H2,1H3. The molecule has 1 heterocycles. The van der Waals surface area contributed by atoms with Crippen molar-refractivity contribution < 1.29 is 4.74 Å². The summed E-state index contributed by atoms with van der Waals surface area (Å²) in [5.74, 6) is 0.842. The second kappa shape index (κ2) is 8.11. The van der Waals surface area contributed by atoms with E-state index in [1.165, 1.54) is 32.1 Å². The number of aromatic nitrogens is 1. The highest BCUT2D eigenvalue weighted by Gasteiger charge is 2.05. The van der Waals surface area contributed by atoms with Gasteiger partial charge in [0, 0.05) is 11.5 Å². The van der Waals surface area contributed by atoms with Crippen molar-refractivity contribution >= 4 is 22.5 Å². The summed E-state index contributed by atoms with van der Waals surface area (Å²) >= 11 is 6.03. The minimum Gasteiger partial charge on any atom is -0.493 e. The van der Waals surface area contributed by atoms with E-state index < -0.39 is 0 Å². The molecule has 0 aliphatic heterocycles. The van der Waals surface area contributed by atoms with Crippen LogP contribution < -0.4 is 4.74 Å². The van der Waals surface area contributed by atoms with Crippen LogP contribution in [0, 0.1) is 0 Å². The first kappa shape index (κ1) is 15.1. The van der Waals surface area contributed by atoms with Gasteiger partial charge in [-0.1, -0.05) is 62.8 Å². The highest BCUT2D eigenvalue weighted by Crippen LogP contribution is 2.27. The molecule has 0 unspecified atom stereocenters. The van der Waals surface area contributed by atoms with Crippen LogP contribution in [0.5, 0.6) is 5.75 Å². The number of unbranched alkanes of at least 4 members (excludes halogenated alkanes) is 5. The fourth-order valence-electron chi connectivity index (χ4n) is 2.30. The summed E-state index contributed by atoms with van der Waals surface area (Å²) in [5.41, 5.74) is 0.887. The van der Waals surface area contributed by atoms with E-state index in [-0.39, 0.29) is 0 Å². The van der Waals surface area contributed by atoms with Crippen molar-refractivity contribution in [1.29, 1.82) is 0 Å². The van der Waals surface area contributed by atoms with Crippen molar-refractivity contribution in [1.82, 2.24) is 4.98 Å². The van der Waals surface area contributed by atoms with E-state index >= 15 is 0 Å². The summed E-state index contributed by atoms with van der Waals surface area (Å²) < 4.78 is 5.88. The van der Waals surface area contributed by atoms with Crippen LogP contribution in [-0.2, 0) is 0 Å². The molecule has 2 aromatic rings. The Labute approximate surface area is 126 Å². The Balaban J connectivity index is 1.86. The molecular formula is C17H22ClNO. The maximum atomic E-state index is 6.03. The number of hydrogen-bond donors (Lipinski definition) is 0. The Hall–Kier alpha value is -1.28. The molecule has 2 rings (SSSR count). The first-order chi connectivity index (χ1) is 9.81. The molecule has 0 spiro atoms. The number of pyridine rings is 1. The van der Waals surface area contributed by atoms with E-state index in [1.54, 1.807) is 6.07 Å². The molecule has 0 radical (unpaired) electrons. The zero-order chi connectivity index (χ0) is 14.2. The number of halogens is 1. The number of para-hydroxylation sites is 1. The van der Waals surface area contributed by atoms with Crippen LogP contribution in [0.1, 0.15) is 45.4 Å². The lowest BCUT2D eigenvalue weighted by atomic mass is 10.1. The molecule has 0 saturated heterocycles. The van der Waals surface area contributed by atoms with Crippen molar-refractivity contribution in [2.24, 2.45) is 0 Å². The zero-order valence-electron chi connectivity index (χ0n) is 12.1. The zero-order valence-corrected chi connectivity index (χ0v) is 12.8. The highest BCUT2D eigenvalue weighted by molar-refractivity contribution is 6.30. The molecule has 108 valence electrons. The maximum absolute atomic E-state index is 6.03. The Kier molecular flexibility index (Phi) is 6.13. The van der Waals surface area contributed by atoms with Gasteiger partial charge < -0.3 is 4.74 Å². The van der Waals surface area contributed by atoms with Crippen molar-refractivity contribution in [3.8, 4) is 5.75 Å². The lowest BCUT2D eigenvalue weighted by Crippen LogP contribution is -1.98. The van der Waals surface area contributed by atoms with Gasteiger partial charge in [-0.25, -0.2) is 4.98 Å². The second-order valence-corrected chi connectivity index (χ2v) is 5.46. The first-order valence-corrected chi connectivity index (χ1v) is 7.87. The molecule has 0 aliphatic rings. The molecule has 3 heteroatoms. The smallest absolute Gasteiger partial charge is 0.133 e. The quantitative estimate of drug-likeness (QED) is 0.464. The van der Waals surface area contributed by atoms with Gasteiger partial charge in [-0.2, -0.15) is 0 Å². The molecule has 0 fully saturated rings. The number of rotatable bonds is 8. The maximum Gasteiger partial charge on any atom is 0.133 e. The predicted octanol–water partition coefficient (Wildman–Crippen LogP) is 5.63. The molecule has 1 aromatic heterocycles. The molecule has 0 N–H and O–H groups in total. The summed E-state index contributed by atoms with van der Waals surface area (Å²) in [6, 6.07) is 9.74. The van der Waals surface area contributed by atoms with Crippen molar-refractivity contribution in [3.63, 3.8) is 0 Å². The number of ether oxygens (including phenoxy) is 1. The number of fused-ring (bicyclic) bond motifs is 1. The van der Waals surface area contributed by atoms with Gasteiger partial charge in [0.05, 0.1) is 12.1 Å². The highest BCUT2D eigenvalue weighted by atomic mass is 35.5. The average Bonchev–Trinajstić information content (AvgIpc) is 2.46. The summed E-state index contributed by atoms with van der Waals surface area (Å²) in [5, 5.41) is 1.52. The van der Waals surface area contributed by atoms with Gasteiger partial charge in [-0.15, -0.1) is 0 Å². The molecule has 0 amide bonds. The van der Waals surface area contributed by atoms with Crippen LogP contribution >= 0.6 is 11.6 Å². The van der Waals surface area contributed by atoms with E-state index in [1.807, 2.05) is 24.3 Å². The number of hydrogen-bond acceptors (Lipinski definition) is 2. The van der Waals surface area contributed by atoms with Crippen LogP contribution in [0.25, 0.3) is 10.9 Å². The molecule has 0 atom stereocenters. The lowest BCUT2D eigenvalue weighted by Gasteiger charge is -2.09. The lowest BCUT2D eigenvalue weighted by molar-refractivity contribution is 0.307.